The molecule has 0 radical (unpaired) electrons. The highest BCUT2D eigenvalue weighted by atomic mass is 32.1. The van der Waals surface area contributed by atoms with E-state index in [1.807, 2.05) is 4.90 Å². The fourth-order valence-corrected chi connectivity index (χ4v) is 6.83. The van der Waals surface area contributed by atoms with Gasteiger partial charge in [0.05, 0.1) is 17.6 Å². The predicted molar refractivity (Wildman–Crippen MR) is 137 cm³/mol. The number of alkyl halides is 2. The Balaban J connectivity index is 1.15. The lowest BCUT2D eigenvalue weighted by molar-refractivity contribution is -0.146. The van der Waals surface area contributed by atoms with Crippen LogP contribution in [0.25, 0.3) is 0 Å². The summed E-state index contributed by atoms with van der Waals surface area (Å²) in [5, 5.41) is 7.85. The number of halogens is 2. The normalized spacial score (nSPS) is 25.1. The van der Waals surface area contributed by atoms with Crippen LogP contribution in [0.4, 0.5) is 8.78 Å². The summed E-state index contributed by atoms with van der Waals surface area (Å²) in [6.45, 7) is 5.63. The van der Waals surface area contributed by atoms with Gasteiger partial charge in [0.1, 0.15) is 4.88 Å². The van der Waals surface area contributed by atoms with Crippen molar-refractivity contribution in [1.29, 1.82) is 0 Å². The highest BCUT2D eigenvalue weighted by molar-refractivity contribution is 7.11. The molecule has 39 heavy (non-hydrogen) atoms. The molecule has 0 N–H and O–H groups in total. The van der Waals surface area contributed by atoms with Crippen molar-refractivity contribution in [3.63, 3.8) is 0 Å². The minimum atomic E-state index is -3.45. The molecule has 11 heteroatoms. The van der Waals surface area contributed by atoms with Crippen LogP contribution in [0.5, 0.6) is 0 Å². The predicted octanol–water partition coefficient (Wildman–Crippen LogP) is 4.66. The highest BCUT2D eigenvalue weighted by Gasteiger charge is 2.62. The van der Waals surface area contributed by atoms with E-state index in [9.17, 15) is 9.59 Å². The maximum Gasteiger partial charge on any atom is 0.349 e. The van der Waals surface area contributed by atoms with Gasteiger partial charge in [-0.05, 0) is 36.2 Å². The zero-order chi connectivity index (χ0) is 27.2. The third kappa shape index (κ3) is 4.08. The quantitative estimate of drug-likeness (QED) is 0.441. The molecular weight excluding hydrogens is 524 g/mol. The number of hydrogen-bond acceptors (Lipinski definition) is 7. The van der Waals surface area contributed by atoms with Crippen LogP contribution in [0, 0.1) is 16.7 Å². The first-order valence-corrected chi connectivity index (χ1v) is 14.2. The Morgan fingerprint density at radius 3 is 2.38 bits per heavy atom. The minimum absolute atomic E-state index is 0.00429. The Hall–Kier alpha value is -3.21. The summed E-state index contributed by atoms with van der Waals surface area (Å²) in [5.41, 5.74) is 1.95. The van der Waals surface area contributed by atoms with Crippen molar-refractivity contribution in [1.82, 2.24) is 25.0 Å². The van der Waals surface area contributed by atoms with Gasteiger partial charge in [0.25, 0.3) is 11.8 Å². The van der Waals surface area contributed by atoms with Crippen LogP contribution in [0.15, 0.2) is 40.4 Å². The first kappa shape index (κ1) is 24.8. The molecule has 8 nitrogen and oxygen atoms in total. The summed E-state index contributed by atoms with van der Waals surface area (Å²) in [7, 11) is 0. The molecule has 2 aliphatic heterocycles. The number of carbonyl (C=O) groups is 2. The molecule has 2 saturated heterocycles. The third-order valence-electron chi connectivity index (χ3n) is 9.04. The van der Waals surface area contributed by atoms with E-state index in [4.69, 9.17) is 4.42 Å². The summed E-state index contributed by atoms with van der Waals surface area (Å²) in [4.78, 5) is 34.3. The molecule has 4 heterocycles. The Morgan fingerprint density at radius 1 is 1.08 bits per heavy atom. The number of nitrogens with zero attached hydrogens (tertiary/aromatic N) is 5. The molecule has 1 aromatic carbocycles. The van der Waals surface area contributed by atoms with Crippen molar-refractivity contribution < 1.29 is 22.8 Å². The lowest BCUT2D eigenvalue weighted by Gasteiger charge is -2.50. The molecule has 204 valence electrons. The van der Waals surface area contributed by atoms with Gasteiger partial charge in [-0.2, -0.15) is 8.78 Å². The molecule has 1 spiro atoms. The van der Waals surface area contributed by atoms with Crippen LogP contribution in [0.1, 0.15) is 77.5 Å². The van der Waals surface area contributed by atoms with Gasteiger partial charge in [0.2, 0.25) is 11.8 Å². The Bertz CT molecular complexity index is 1430. The molecule has 2 atom stereocenters. The summed E-state index contributed by atoms with van der Waals surface area (Å²) >= 11 is 1.25. The lowest BCUT2D eigenvalue weighted by atomic mass is 9.71. The molecule has 2 amide bonds. The fourth-order valence-electron chi connectivity index (χ4n) is 6.25. The largest absolute Gasteiger partial charge is 0.419 e. The number of amides is 2. The monoisotopic (exact) mass is 553 g/mol. The number of likely N-dealkylation sites (tertiary alicyclic amines) is 2. The summed E-state index contributed by atoms with van der Waals surface area (Å²) < 4.78 is 36.6. The first-order valence-electron chi connectivity index (χ1n) is 13.4. The summed E-state index contributed by atoms with van der Waals surface area (Å²) in [6.07, 6.45) is 4.57. The maximum absolute atomic E-state index is 15.4. The van der Waals surface area contributed by atoms with Gasteiger partial charge in [0.15, 0.2) is 0 Å². The topological polar surface area (TPSA) is 92.4 Å². The van der Waals surface area contributed by atoms with E-state index in [2.05, 4.69) is 29.0 Å². The van der Waals surface area contributed by atoms with Crippen molar-refractivity contribution in [3.8, 4) is 0 Å². The number of hydrogen-bond donors (Lipinski definition) is 0. The van der Waals surface area contributed by atoms with Crippen molar-refractivity contribution in [2.45, 2.75) is 50.9 Å². The average Bonchev–Trinajstić information content (AvgIpc) is 3.57. The van der Waals surface area contributed by atoms with Gasteiger partial charge in [-0.1, -0.05) is 38.1 Å². The van der Waals surface area contributed by atoms with Gasteiger partial charge in [-0.3, -0.25) is 14.6 Å². The Morgan fingerprint density at radius 2 is 1.77 bits per heavy atom. The first-order chi connectivity index (χ1) is 18.6. The fraction of sp³-hybridized carbons (Fsp3) is 0.536. The van der Waals surface area contributed by atoms with Gasteiger partial charge in [0, 0.05) is 43.1 Å². The summed E-state index contributed by atoms with van der Waals surface area (Å²) in [5.74, 6) is -4.17. The molecule has 2 saturated carbocycles. The molecule has 3 aromatic rings. The number of rotatable bonds is 6. The molecule has 4 aliphatic rings. The zero-order valence-corrected chi connectivity index (χ0v) is 22.6. The molecule has 1 unspecified atom stereocenters. The summed E-state index contributed by atoms with van der Waals surface area (Å²) in [6, 6.07) is 6.35. The third-order valence-corrected chi connectivity index (χ3v) is 9.80. The van der Waals surface area contributed by atoms with Crippen LogP contribution < -0.4 is 0 Å². The van der Waals surface area contributed by atoms with E-state index < -0.39 is 23.1 Å². The molecule has 2 aliphatic carbocycles. The molecule has 4 fully saturated rings. The van der Waals surface area contributed by atoms with Crippen molar-refractivity contribution in [2.24, 2.45) is 16.7 Å². The Labute approximate surface area is 228 Å². The number of carbonyl (C=O) groups excluding carboxylic acids is 2. The second-order valence-corrected chi connectivity index (χ2v) is 13.2. The van der Waals surface area contributed by atoms with Crippen LogP contribution >= 0.6 is 11.3 Å². The standard InChI is InChI=1S/C28H29F2N5O3S/c1-26(2)9-19(26)23(36)35-13-27(14-35)12-34(24(37)21-10-31-15-39-21)11-20(27)22-32-33-25(38-22)28(29,30)18-7-5-17(6-8-18)16-3-4-16/h5-8,10,15-16,19-20H,3-4,9,11-14H2,1-2H3/t19-,20?/m1/s1. The second kappa shape index (κ2) is 8.39. The van der Waals surface area contributed by atoms with Gasteiger partial charge >= 0.3 is 5.92 Å². The van der Waals surface area contributed by atoms with Crippen LogP contribution in [-0.2, 0) is 10.7 Å². The molecule has 0 bridgehead atoms. The van der Waals surface area contributed by atoms with E-state index in [0.717, 1.165) is 24.8 Å². The highest BCUT2D eigenvalue weighted by Crippen LogP contribution is 2.56. The van der Waals surface area contributed by atoms with Gasteiger partial charge in [-0.15, -0.1) is 21.5 Å². The van der Waals surface area contributed by atoms with Crippen LogP contribution in [0.3, 0.4) is 0 Å². The molecular formula is C28H29F2N5O3S. The van der Waals surface area contributed by atoms with Crippen molar-refractivity contribution >= 4 is 23.2 Å². The van der Waals surface area contributed by atoms with Gasteiger partial charge in [-0.25, -0.2) is 0 Å². The average molecular weight is 554 g/mol. The van der Waals surface area contributed by atoms with Crippen molar-refractivity contribution in [2.75, 3.05) is 26.2 Å². The molecule has 2 aromatic heterocycles. The van der Waals surface area contributed by atoms with E-state index in [0.29, 0.717) is 30.4 Å². The van der Waals surface area contributed by atoms with Crippen molar-refractivity contribution in [3.05, 3.63) is 63.8 Å². The van der Waals surface area contributed by atoms with E-state index in [1.54, 1.807) is 22.5 Å². The molecule has 7 rings (SSSR count). The second-order valence-electron chi connectivity index (χ2n) is 12.3. The van der Waals surface area contributed by atoms with Crippen LogP contribution in [-0.4, -0.2) is 63.0 Å². The van der Waals surface area contributed by atoms with E-state index in [1.165, 1.54) is 29.7 Å². The number of benzene rings is 1. The lowest BCUT2D eigenvalue weighted by Crippen LogP contribution is -2.62. The van der Waals surface area contributed by atoms with E-state index >= 15 is 8.78 Å². The number of thiazole rings is 1. The van der Waals surface area contributed by atoms with Crippen LogP contribution in [0.2, 0.25) is 0 Å². The zero-order valence-electron chi connectivity index (χ0n) is 21.8. The number of aromatic nitrogens is 3. The minimum Gasteiger partial charge on any atom is -0.419 e. The van der Waals surface area contributed by atoms with E-state index in [-0.39, 0.29) is 41.1 Å². The SMILES string of the molecule is CC1(C)C[C@@H]1C(=O)N1CC2(CN(C(=O)c3cncs3)CC2c2nnc(C(F)(F)c3ccc(C4CC4)cc3)o2)C1. The van der Waals surface area contributed by atoms with Gasteiger partial charge < -0.3 is 14.2 Å². The Kier molecular flexibility index (Phi) is 5.34. The maximum atomic E-state index is 15.4. The smallest absolute Gasteiger partial charge is 0.349 e.